The number of para-hydroxylation sites is 1. The molecule has 2 N–H and O–H groups in total. The second-order valence-corrected chi connectivity index (χ2v) is 7.52. The summed E-state index contributed by atoms with van der Waals surface area (Å²) in [4.78, 5) is 4.60. The smallest absolute Gasteiger partial charge is 0.212 e. The SMILES string of the molecule is NC1=Nn2c(CSc3nc4ccccc4s3)nnc2SC1. The largest absolute Gasteiger partial charge is 0.385 e. The highest BCUT2D eigenvalue weighted by atomic mass is 32.2. The van der Waals surface area contributed by atoms with Crippen LogP contribution in [0.15, 0.2) is 38.9 Å². The Kier molecular flexibility index (Phi) is 3.32. The number of nitrogens with two attached hydrogens (primary N) is 1. The van der Waals surface area contributed by atoms with Crippen molar-refractivity contribution in [3.8, 4) is 0 Å². The highest BCUT2D eigenvalue weighted by Crippen LogP contribution is 2.32. The van der Waals surface area contributed by atoms with Crippen LogP contribution in [0.4, 0.5) is 0 Å². The van der Waals surface area contributed by atoms with Gasteiger partial charge in [0, 0.05) is 0 Å². The molecule has 0 unspecified atom stereocenters. The summed E-state index contributed by atoms with van der Waals surface area (Å²) in [5.41, 5.74) is 6.80. The quantitative estimate of drug-likeness (QED) is 0.741. The Morgan fingerprint density at radius 2 is 2.19 bits per heavy atom. The molecule has 3 aromatic rings. The third kappa shape index (κ3) is 2.52. The first-order valence-corrected chi connectivity index (χ1v) is 8.97. The van der Waals surface area contributed by atoms with Gasteiger partial charge in [-0.05, 0) is 12.1 Å². The number of fused-ring (bicyclic) bond motifs is 2. The number of hydrogen-bond donors (Lipinski definition) is 1. The molecule has 4 rings (SSSR count). The summed E-state index contributed by atoms with van der Waals surface area (Å²) < 4.78 is 3.94. The van der Waals surface area contributed by atoms with Crippen LogP contribution in [0.5, 0.6) is 0 Å². The van der Waals surface area contributed by atoms with Crippen LogP contribution in [0.1, 0.15) is 5.82 Å². The summed E-state index contributed by atoms with van der Waals surface area (Å²) in [6.45, 7) is 0. The van der Waals surface area contributed by atoms with Gasteiger partial charge < -0.3 is 5.73 Å². The van der Waals surface area contributed by atoms with Gasteiger partial charge in [0.25, 0.3) is 0 Å². The number of thioether (sulfide) groups is 2. The van der Waals surface area contributed by atoms with E-state index in [4.69, 9.17) is 5.73 Å². The Labute approximate surface area is 132 Å². The second kappa shape index (κ2) is 5.32. The molecule has 0 spiro atoms. The average Bonchev–Trinajstić information content (AvgIpc) is 3.07. The molecule has 21 heavy (non-hydrogen) atoms. The van der Waals surface area contributed by atoms with E-state index < -0.39 is 0 Å². The predicted octanol–water partition coefficient (Wildman–Crippen LogP) is 2.41. The number of rotatable bonds is 3. The molecule has 0 radical (unpaired) electrons. The molecule has 0 bridgehead atoms. The number of thiazole rings is 1. The van der Waals surface area contributed by atoms with Crippen molar-refractivity contribution < 1.29 is 0 Å². The zero-order valence-electron chi connectivity index (χ0n) is 10.8. The van der Waals surface area contributed by atoms with Crippen LogP contribution < -0.4 is 5.73 Å². The summed E-state index contributed by atoms with van der Waals surface area (Å²) in [5, 5.41) is 13.4. The Hall–Kier alpha value is -1.58. The summed E-state index contributed by atoms with van der Waals surface area (Å²) in [6, 6.07) is 8.13. The molecule has 0 saturated carbocycles. The number of hydrogen-bond acceptors (Lipinski definition) is 8. The van der Waals surface area contributed by atoms with E-state index in [2.05, 4.69) is 26.3 Å². The van der Waals surface area contributed by atoms with E-state index in [9.17, 15) is 0 Å². The average molecular weight is 334 g/mol. The molecule has 1 aliphatic rings. The van der Waals surface area contributed by atoms with Crippen LogP contribution in [0.25, 0.3) is 10.2 Å². The van der Waals surface area contributed by atoms with Crippen molar-refractivity contribution in [2.45, 2.75) is 15.2 Å². The van der Waals surface area contributed by atoms with Crippen molar-refractivity contribution in [3.63, 3.8) is 0 Å². The fourth-order valence-electron chi connectivity index (χ4n) is 1.91. The fourth-order valence-corrected chi connectivity index (χ4v) is 4.59. The monoisotopic (exact) mass is 334 g/mol. The maximum Gasteiger partial charge on any atom is 0.212 e. The minimum absolute atomic E-state index is 0.596. The van der Waals surface area contributed by atoms with Gasteiger partial charge in [0.2, 0.25) is 5.16 Å². The predicted molar refractivity (Wildman–Crippen MR) is 86.9 cm³/mol. The molecule has 106 valence electrons. The number of nitrogens with zero attached hydrogens (tertiary/aromatic N) is 5. The van der Waals surface area contributed by atoms with Gasteiger partial charge >= 0.3 is 0 Å². The molecule has 2 aromatic heterocycles. The third-order valence-corrected chi connectivity index (χ3v) is 5.98. The first-order chi connectivity index (χ1) is 10.3. The van der Waals surface area contributed by atoms with Crippen LogP contribution in [0.3, 0.4) is 0 Å². The Morgan fingerprint density at radius 3 is 3.10 bits per heavy atom. The van der Waals surface area contributed by atoms with Crippen LogP contribution >= 0.6 is 34.9 Å². The zero-order valence-corrected chi connectivity index (χ0v) is 13.2. The summed E-state index contributed by atoms with van der Waals surface area (Å²) >= 11 is 4.88. The van der Waals surface area contributed by atoms with Gasteiger partial charge in [0.1, 0.15) is 5.84 Å². The van der Waals surface area contributed by atoms with Gasteiger partial charge in [-0.2, -0.15) is 9.78 Å². The van der Waals surface area contributed by atoms with E-state index in [-0.39, 0.29) is 0 Å². The standard InChI is InChI=1S/C12H10N6S3/c13-9-5-19-11-16-15-10(18(11)17-9)6-20-12-14-7-3-1-2-4-8(7)21-12/h1-4H,5-6H2,(H2,13,17). The highest BCUT2D eigenvalue weighted by molar-refractivity contribution is 8.00. The second-order valence-electron chi connectivity index (χ2n) is 4.33. The minimum Gasteiger partial charge on any atom is -0.385 e. The minimum atomic E-state index is 0.596. The lowest BCUT2D eigenvalue weighted by Gasteiger charge is -2.09. The normalized spacial score (nSPS) is 14.2. The highest BCUT2D eigenvalue weighted by Gasteiger charge is 2.17. The summed E-state index contributed by atoms with van der Waals surface area (Å²) in [6.07, 6.45) is 0. The molecule has 0 saturated heterocycles. The van der Waals surface area contributed by atoms with E-state index >= 15 is 0 Å². The Bertz CT molecular complexity index is 804. The van der Waals surface area contributed by atoms with Crippen LogP contribution in [0, 0.1) is 0 Å². The number of amidine groups is 1. The van der Waals surface area contributed by atoms with Crippen molar-refractivity contribution >= 4 is 50.9 Å². The molecule has 1 aliphatic heterocycles. The molecule has 3 heterocycles. The first kappa shape index (κ1) is 13.1. The van der Waals surface area contributed by atoms with Gasteiger partial charge in [-0.3, -0.25) is 0 Å². The van der Waals surface area contributed by atoms with Crippen LogP contribution in [0.2, 0.25) is 0 Å². The maximum absolute atomic E-state index is 5.77. The number of benzene rings is 1. The van der Waals surface area contributed by atoms with Crippen molar-refractivity contribution in [3.05, 3.63) is 30.1 Å². The van der Waals surface area contributed by atoms with Gasteiger partial charge in [-0.25, -0.2) is 4.98 Å². The van der Waals surface area contributed by atoms with E-state index in [1.165, 1.54) is 4.70 Å². The Balaban J connectivity index is 1.56. The van der Waals surface area contributed by atoms with Crippen LogP contribution in [-0.4, -0.2) is 31.4 Å². The van der Waals surface area contributed by atoms with E-state index in [1.54, 1.807) is 39.5 Å². The van der Waals surface area contributed by atoms with Gasteiger partial charge in [-0.15, -0.1) is 21.5 Å². The van der Waals surface area contributed by atoms with E-state index in [1.807, 2.05) is 18.2 Å². The fraction of sp³-hybridized carbons (Fsp3) is 0.167. The molecular formula is C12H10N6S3. The molecule has 0 amide bonds. The topological polar surface area (TPSA) is 82.0 Å². The molecule has 0 atom stereocenters. The lowest BCUT2D eigenvalue weighted by atomic mass is 10.3. The van der Waals surface area contributed by atoms with Crippen molar-refractivity contribution in [2.75, 3.05) is 5.75 Å². The third-order valence-electron chi connectivity index (χ3n) is 2.85. The molecule has 9 heteroatoms. The van der Waals surface area contributed by atoms with Gasteiger partial charge in [0.15, 0.2) is 10.2 Å². The molecular weight excluding hydrogens is 324 g/mol. The van der Waals surface area contributed by atoms with Crippen molar-refractivity contribution in [1.29, 1.82) is 0 Å². The summed E-state index contributed by atoms with van der Waals surface area (Å²) in [5.74, 6) is 2.73. The number of aromatic nitrogens is 4. The first-order valence-electron chi connectivity index (χ1n) is 6.18. The zero-order chi connectivity index (χ0) is 14.2. The van der Waals surface area contributed by atoms with E-state index in [0.29, 0.717) is 17.3 Å². The van der Waals surface area contributed by atoms with Gasteiger partial charge in [-0.1, -0.05) is 35.7 Å². The Morgan fingerprint density at radius 1 is 1.29 bits per heavy atom. The van der Waals surface area contributed by atoms with E-state index in [0.717, 1.165) is 20.8 Å². The molecule has 0 fully saturated rings. The maximum atomic E-state index is 5.77. The molecule has 6 nitrogen and oxygen atoms in total. The lowest BCUT2D eigenvalue weighted by Crippen LogP contribution is -2.21. The van der Waals surface area contributed by atoms with Crippen molar-refractivity contribution in [2.24, 2.45) is 10.8 Å². The summed E-state index contributed by atoms with van der Waals surface area (Å²) in [7, 11) is 0. The lowest BCUT2D eigenvalue weighted by molar-refractivity contribution is 0.729. The van der Waals surface area contributed by atoms with Crippen molar-refractivity contribution in [1.82, 2.24) is 19.9 Å². The molecule has 1 aromatic carbocycles. The van der Waals surface area contributed by atoms with Crippen LogP contribution in [-0.2, 0) is 5.75 Å². The molecule has 0 aliphatic carbocycles. The van der Waals surface area contributed by atoms with Gasteiger partial charge in [0.05, 0.1) is 21.7 Å².